The summed E-state index contributed by atoms with van der Waals surface area (Å²) in [4.78, 5) is 36.7. The van der Waals surface area contributed by atoms with E-state index in [1.807, 2.05) is 41.0 Å². The molecule has 4 heterocycles. The summed E-state index contributed by atoms with van der Waals surface area (Å²) in [6, 6.07) is 14.1. The number of hydrogen-bond donors (Lipinski definition) is 0. The van der Waals surface area contributed by atoms with Gasteiger partial charge in [0.2, 0.25) is 5.91 Å². The van der Waals surface area contributed by atoms with Crippen LogP contribution in [0.2, 0.25) is 0 Å². The van der Waals surface area contributed by atoms with E-state index in [9.17, 15) is 9.59 Å². The monoisotopic (exact) mass is 448 g/mol. The highest BCUT2D eigenvalue weighted by atomic mass is 16.5. The van der Waals surface area contributed by atoms with E-state index in [0.29, 0.717) is 44.9 Å². The molecule has 3 fully saturated rings. The second-order valence-corrected chi connectivity index (χ2v) is 9.60. The molecule has 3 saturated heterocycles. The largest absolute Gasteiger partial charge is 0.379 e. The van der Waals surface area contributed by atoms with Crippen LogP contribution in [0.3, 0.4) is 0 Å². The number of piperazine rings is 1. The number of rotatable bonds is 4. The van der Waals surface area contributed by atoms with E-state index in [2.05, 4.69) is 22.0 Å². The number of amides is 2. The third-order valence-corrected chi connectivity index (χ3v) is 7.39. The predicted molar refractivity (Wildman–Crippen MR) is 125 cm³/mol. The molecule has 0 radical (unpaired) electrons. The van der Waals surface area contributed by atoms with Gasteiger partial charge in [-0.05, 0) is 43.9 Å². The molecular formula is C26H32N4O3. The van der Waals surface area contributed by atoms with Crippen molar-refractivity contribution in [1.29, 1.82) is 0 Å². The molecule has 0 saturated carbocycles. The Balaban J connectivity index is 1.26. The van der Waals surface area contributed by atoms with E-state index in [1.165, 1.54) is 0 Å². The second-order valence-electron chi connectivity index (χ2n) is 9.60. The van der Waals surface area contributed by atoms with E-state index in [0.717, 1.165) is 37.1 Å². The van der Waals surface area contributed by atoms with Gasteiger partial charge in [0.1, 0.15) is 0 Å². The van der Waals surface area contributed by atoms with Crippen LogP contribution in [-0.2, 0) is 16.1 Å². The van der Waals surface area contributed by atoms with Crippen LogP contribution in [0.1, 0.15) is 40.9 Å². The standard InChI is InChI=1S/C26H32N4O3/c1-20-15-22(7-11-27-20)25(32)28-12-8-23(9-13-28)30-17-24(31)29(16-21-5-3-2-4-6-21)18-26(30)10-14-33-19-26/h2-7,11,15,23H,8-10,12-14,16-19H2,1H3. The Hall–Kier alpha value is -2.77. The highest BCUT2D eigenvalue weighted by molar-refractivity contribution is 5.94. The van der Waals surface area contributed by atoms with Gasteiger partial charge in [0.15, 0.2) is 0 Å². The zero-order valence-corrected chi connectivity index (χ0v) is 19.3. The SMILES string of the molecule is Cc1cc(C(=O)N2CCC(N3CC(=O)N(Cc4ccccc4)CC34CCOC4)CC2)ccn1. The Bertz CT molecular complexity index is 998. The highest BCUT2D eigenvalue weighted by Gasteiger charge is 2.50. The topological polar surface area (TPSA) is 66.0 Å². The maximum atomic E-state index is 13.2. The maximum absolute atomic E-state index is 13.2. The first-order chi connectivity index (χ1) is 16.0. The summed E-state index contributed by atoms with van der Waals surface area (Å²) in [5, 5.41) is 0. The molecule has 0 bridgehead atoms. The van der Waals surface area contributed by atoms with Crippen LogP contribution in [0, 0.1) is 6.92 Å². The third kappa shape index (κ3) is 4.52. The summed E-state index contributed by atoms with van der Waals surface area (Å²) in [7, 11) is 0. The molecule has 0 N–H and O–H groups in total. The molecule has 1 unspecified atom stereocenters. The zero-order valence-electron chi connectivity index (χ0n) is 19.3. The van der Waals surface area contributed by atoms with Gasteiger partial charge in [0, 0.05) is 56.3 Å². The number of aromatic nitrogens is 1. The lowest BCUT2D eigenvalue weighted by molar-refractivity contribution is -0.148. The quantitative estimate of drug-likeness (QED) is 0.719. The van der Waals surface area contributed by atoms with Crippen molar-refractivity contribution in [3.8, 4) is 0 Å². The van der Waals surface area contributed by atoms with Gasteiger partial charge in [0.25, 0.3) is 5.91 Å². The van der Waals surface area contributed by atoms with Crippen LogP contribution in [-0.4, -0.2) is 82.5 Å². The lowest BCUT2D eigenvalue weighted by Gasteiger charge is -2.52. The normalized spacial score (nSPS) is 24.6. The minimum atomic E-state index is -0.123. The fourth-order valence-corrected chi connectivity index (χ4v) is 5.60. The molecule has 2 aromatic rings. The van der Waals surface area contributed by atoms with Gasteiger partial charge in [0.05, 0.1) is 18.7 Å². The molecule has 2 amide bonds. The smallest absolute Gasteiger partial charge is 0.253 e. The number of pyridine rings is 1. The molecule has 174 valence electrons. The Morgan fingerprint density at radius 1 is 1.18 bits per heavy atom. The Morgan fingerprint density at radius 2 is 1.97 bits per heavy atom. The molecule has 0 aliphatic carbocycles. The third-order valence-electron chi connectivity index (χ3n) is 7.39. The average Bonchev–Trinajstić information content (AvgIpc) is 3.30. The number of aryl methyl sites for hydroxylation is 1. The second kappa shape index (κ2) is 9.23. The van der Waals surface area contributed by atoms with Gasteiger partial charge in [-0.25, -0.2) is 0 Å². The van der Waals surface area contributed by atoms with Crippen LogP contribution in [0.4, 0.5) is 0 Å². The van der Waals surface area contributed by atoms with Crippen molar-refractivity contribution in [2.24, 2.45) is 0 Å². The number of carbonyl (C=O) groups excluding carboxylic acids is 2. The molecule has 1 aromatic carbocycles. The molecule has 1 aromatic heterocycles. The van der Waals surface area contributed by atoms with E-state index in [4.69, 9.17) is 4.74 Å². The fraction of sp³-hybridized carbons (Fsp3) is 0.500. The fourth-order valence-electron chi connectivity index (χ4n) is 5.60. The summed E-state index contributed by atoms with van der Waals surface area (Å²) in [5.41, 5.74) is 2.59. The lowest BCUT2D eigenvalue weighted by atomic mass is 9.87. The summed E-state index contributed by atoms with van der Waals surface area (Å²) in [5.74, 6) is 0.253. The summed E-state index contributed by atoms with van der Waals surface area (Å²) in [6.07, 6.45) is 4.40. The van der Waals surface area contributed by atoms with Crippen LogP contribution < -0.4 is 0 Å². The van der Waals surface area contributed by atoms with Gasteiger partial charge < -0.3 is 14.5 Å². The van der Waals surface area contributed by atoms with Gasteiger partial charge in [-0.3, -0.25) is 19.5 Å². The Morgan fingerprint density at radius 3 is 2.67 bits per heavy atom. The minimum absolute atomic E-state index is 0.0709. The average molecular weight is 449 g/mol. The molecule has 5 rings (SSSR count). The van der Waals surface area contributed by atoms with E-state index in [1.54, 1.807) is 12.3 Å². The number of carbonyl (C=O) groups is 2. The van der Waals surface area contributed by atoms with Gasteiger partial charge in [-0.2, -0.15) is 0 Å². The molecule has 3 aliphatic rings. The minimum Gasteiger partial charge on any atom is -0.379 e. The van der Waals surface area contributed by atoms with E-state index in [-0.39, 0.29) is 23.4 Å². The highest BCUT2D eigenvalue weighted by Crippen LogP contribution is 2.36. The van der Waals surface area contributed by atoms with Crippen molar-refractivity contribution < 1.29 is 14.3 Å². The Kier molecular flexibility index (Phi) is 6.17. The number of ether oxygens (including phenoxy) is 1. The summed E-state index contributed by atoms with van der Waals surface area (Å²) in [6.45, 7) is 6.51. The first-order valence-electron chi connectivity index (χ1n) is 11.9. The molecule has 7 nitrogen and oxygen atoms in total. The Labute approximate surface area is 195 Å². The van der Waals surface area contributed by atoms with Gasteiger partial charge in [-0.15, -0.1) is 0 Å². The molecule has 1 spiro atoms. The van der Waals surface area contributed by atoms with Crippen molar-refractivity contribution >= 4 is 11.8 Å². The molecular weight excluding hydrogens is 416 g/mol. The van der Waals surface area contributed by atoms with E-state index >= 15 is 0 Å². The van der Waals surface area contributed by atoms with Crippen LogP contribution in [0.15, 0.2) is 48.7 Å². The number of hydrogen-bond acceptors (Lipinski definition) is 5. The van der Waals surface area contributed by atoms with Crippen LogP contribution >= 0.6 is 0 Å². The first-order valence-corrected chi connectivity index (χ1v) is 11.9. The van der Waals surface area contributed by atoms with Crippen LogP contribution in [0.5, 0.6) is 0 Å². The van der Waals surface area contributed by atoms with Crippen molar-refractivity contribution in [3.63, 3.8) is 0 Å². The van der Waals surface area contributed by atoms with E-state index < -0.39 is 0 Å². The van der Waals surface area contributed by atoms with Gasteiger partial charge in [-0.1, -0.05) is 30.3 Å². The molecule has 7 heteroatoms. The number of nitrogens with zero attached hydrogens (tertiary/aromatic N) is 4. The molecule has 1 atom stereocenters. The number of piperidine rings is 1. The lowest BCUT2D eigenvalue weighted by Crippen LogP contribution is -2.68. The number of likely N-dealkylation sites (tertiary alicyclic amines) is 1. The number of benzene rings is 1. The molecule has 3 aliphatic heterocycles. The summed E-state index contributed by atoms with van der Waals surface area (Å²) < 4.78 is 5.87. The zero-order chi connectivity index (χ0) is 22.8. The summed E-state index contributed by atoms with van der Waals surface area (Å²) >= 11 is 0. The maximum Gasteiger partial charge on any atom is 0.253 e. The predicted octanol–water partition coefficient (Wildman–Crippen LogP) is 2.50. The first kappa shape index (κ1) is 22.0. The van der Waals surface area contributed by atoms with Gasteiger partial charge >= 0.3 is 0 Å². The van der Waals surface area contributed by atoms with Crippen molar-refractivity contribution in [2.75, 3.05) is 39.4 Å². The van der Waals surface area contributed by atoms with Crippen LogP contribution in [0.25, 0.3) is 0 Å². The van der Waals surface area contributed by atoms with Crippen molar-refractivity contribution in [2.45, 2.75) is 44.3 Å². The van der Waals surface area contributed by atoms with Crippen molar-refractivity contribution in [1.82, 2.24) is 19.7 Å². The molecule has 33 heavy (non-hydrogen) atoms. The van der Waals surface area contributed by atoms with Crippen molar-refractivity contribution in [3.05, 3.63) is 65.5 Å².